The summed E-state index contributed by atoms with van der Waals surface area (Å²) in [4.78, 5) is 11.6. The Hall–Kier alpha value is -0.770. The second kappa shape index (κ2) is 6.98. The fourth-order valence-corrected chi connectivity index (χ4v) is 2.16. The van der Waals surface area contributed by atoms with Crippen molar-refractivity contribution >= 4 is 29.2 Å². The number of rotatable bonds is 5. The van der Waals surface area contributed by atoms with Crippen LogP contribution in [0, 0.1) is 5.92 Å². The summed E-state index contributed by atoms with van der Waals surface area (Å²) in [7, 11) is 1.38. The molecule has 0 fully saturated rings. The van der Waals surface area contributed by atoms with Crippen molar-refractivity contribution in [2.45, 2.75) is 26.4 Å². The molecule has 0 unspecified atom stereocenters. The molecule has 3 nitrogen and oxygen atoms in total. The number of methoxy groups -OCH3 is 1. The summed E-state index contributed by atoms with van der Waals surface area (Å²) in [5.41, 5.74) is 0.787. The van der Waals surface area contributed by atoms with E-state index in [1.165, 1.54) is 7.11 Å². The van der Waals surface area contributed by atoms with E-state index in [0.717, 1.165) is 5.56 Å². The van der Waals surface area contributed by atoms with Gasteiger partial charge in [0.15, 0.2) is 0 Å². The van der Waals surface area contributed by atoms with Crippen molar-refractivity contribution in [2.75, 3.05) is 7.11 Å². The highest BCUT2D eigenvalue weighted by Crippen LogP contribution is 2.24. The molecule has 0 spiro atoms. The fourth-order valence-electron chi connectivity index (χ4n) is 1.63. The van der Waals surface area contributed by atoms with Gasteiger partial charge in [-0.1, -0.05) is 43.1 Å². The van der Waals surface area contributed by atoms with Crippen LogP contribution in [-0.4, -0.2) is 19.1 Å². The molecule has 18 heavy (non-hydrogen) atoms. The third kappa shape index (κ3) is 3.87. The van der Waals surface area contributed by atoms with Gasteiger partial charge in [-0.2, -0.15) is 0 Å². The van der Waals surface area contributed by atoms with Crippen LogP contribution < -0.4 is 5.32 Å². The molecule has 1 N–H and O–H groups in total. The Labute approximate surface area is 117 Å². The molecule has 0 aliphatic rings. The first-order valence-corrected chi connectivity index (χ1v) is 6.47. The van der Waals surface area contributed by atoms with E-state index in [1.807, 2.05) is 13.8 Å². The number of carbonyl (C=O) groups excluding carboxylic acids is 1. The lowest BCUT2D eigenvalue weighted by Gasteiger charge is -2.20. The van der Waals surface area contributed by atoms with Crippen LogP contribution in [-0.2, 0) is 16.1 Å². The number of hydrogen-bond acceptors (Lipinski definition) is 3. The highest BCUT2D eigenvalue weighted by atomic mass is 35.5. The molecule has 100 valence electrons. The zero-order valence-corrected chi connectivity index (χ0v) is 12.2. The van der Waals surface area contributed by atoms with Crippen LogP contribution in [0.2, 0.25) is 10.0 Å². The summed E-state index contributed by atoms with van der Waals surface area (Å²) in [6.07, 6.45) is 0. The van der Waals surface area contributed by atoms with Crippen molar-refractivity contribution in [3.05, 3.63) is 33.8 Å². The van der Waals surface area contributed by atoms with Crippen molar-refractivity contribution in [1.29, 1.82) is 0 Å². The molecule has 1 rings (SSSR count). The molecule has 0 saturated heterocycles. The first-order valence-electron chi connectivity index (χ1n) is 5.71. The average molecular weight is 290 g/mol. The van der Waals surface area contributed by atoms with Gasteiger partial charge in [0.2, 0.25) is 0 Å². The maximum atomic E-state index is 11.6. The Morgan fingerprint density at radius 3 is 2.33 bits per heavy atom. The third-order valence-electron chi connectivity index (χ3n) is 2.68. The maximum Gasteiger partial charge on any atom is 0.323 e. The van der Waals surface area contributed by atoms with Crippen LogP contribution in [0.3, 0.4) is 0 Å². The van der Waals surface area contributed by atoms with E-state index < -0.39 is 0 Å². The molecular formula is C13H17Cl2NO2. The molecule has 0 amide bonds. The average Bonchev–Trinajstić information content (AvgIpc) is 2.31. The SMILES string of the molecule is COC(=O)[C@@H](NCc1c(Cl)cccc1Cl)C(C)C. The number of hydrogen-bond donors (Lipinski definition) is 1. The molecule has 0 heterocycles. The van der Waals surface area contributed by atoms with E-state index >= 15 is 0 Å². The lowest BCUT2D eigenvalue weighted by atomic mass is 10.0. The topological polar surface area (TPSA) is 38.3 Å². The van der Waals surface area contributed by atoms with Crippen LogP contribution in [0.25, 0.3) is 0 Å². The van der Waals surface area contributed by atoms with Crippen LogP contribution >= 0.6 is 23.2 Å². The van der Waals surface area contributed by atoms with Crippen molar-refractivity contribution in [2.24, 2.45) is 5.92 Å². The van der Waals surface area contributed by atoms with Gasteiger partial charge in [0.25, 0.3) is 0 Å². The van der Waals surface area contributed by atoms with Gasteiger partial charge in [-0.3, -0.25) is 10.1 Å². The Balaban J connectivity index is 2.76. The van der Waals surface area contributed by atoms with Gasteiger partial charge < -0.3 is 4.74 Å². The number of halogens is 2. The molecule has 1 aromatic carbocycles. The van der Waals surface area contributed by atoms with Crippen molar-refractivity contribution < 1.29 is 9.53 Å². The summed E-state index contributed by atoms with van der Waals surface area (Å²) in [5, 5.41) is 4.30. The summed E-state index contributed by atoms with van der Waals surface area (Å²) in [6.45, 7) is 4.32. The normalized spacial score (nSPS) is 12.6. The number of nitrogens with one attached hydrogen (secondary N) is 1. The van der Waals surface area contributed by atoms with E-state index in [9.17, 15) is 4.79 Å². The summed E-state index contributed by atoms with van der Waals surface area (Å²) < 4.78 is 4.76. The van der Waals surface area contributed by atoms with Crippen molar-refractivity contribution in [3.63, 3.8) is 0 Å². The highest BCUT2D eigenvalue weighted by Gasteiger charge is 2.22. The largest absolute Gasteiger partial charge is 0.468 e. The van der Waals surface area contributed by atoms with Gasteiger partial charge in [-0.25, -0.2) is 0 Å². The monoisotopic (exact) mass is 289 g/mol. The van der Waals surface area contributed by atoms with Gasteiger partial charge in [0.05, 0.1) is 7.11 Å². The van der Waals surface area contributed by atoms with E-state index in [0.29, 0.717) is 16.6 Å². The molecule has 0 radical (unpaired) electrons. The smallest absolute Gasteiger partial charge is 0.323 e. The Morgan fingerprint density at radius 1 is 1.33 bits per heavy atom. The van der Waals surface area contributed by atoms with Crippen molar-refractivity contribution in [3.8, 4) is 0 Å². The molecule has 1 atom stereocenters. The second-order valence-corrected chi connectivity index (χ2v) is 5.14. The number of esters is 1. The summed E-state index contributed by atoms with van der Waals surface area (Å²) in [6, 6.07) is 4.95. The predicted octanol–water partition coefficient (Wildman–Crippen LogP) is 3.28. The number of benzene rings is 1. The molecule has 5 heteroatoms. The second-order valence-electron chi connectivity index (χ2n) is 4.33. The lowest BCUT2D eigenvalue weighted by Crippen LogP contribution is -2.41. The first kappa shape index (κ1) is 15.3. The van der Waals surface area contributed by atoms with Gasteiger partial charge in [0, 0.05) is 22.2 Å². The van der Waals surface area contributed by atoms with Gasteiger partial charge >= 0.3 is 5.97 Å². The van der Waals surface area contributed by atoms with Crippen LogP contribution in [0.5, 0.6) is 0 Å². The standard InChI is InChI=1S/C13H17Cl2NO2/c1-8(2)12(13(17)18-3)16-7-9-10(14)5-4-6-11(9)15/h4-6,8,12,16H,7H2,1-3H3/t12-/m0/s1. The Bertz CT molecular complexity index is 401. The Kier molecular flexibility index (Phi) is 5.93. The Morgan fingerprint density at radius 2 is 1.89 bits per heavy atom. The van der Waals surface area contributed by atoms with Crippen LogP contribution in [0.15, 0.2) is 18.2 Å². The van der Waals surface area contributed by atoms with Gasteiger partial charge in [0.1, 0.15) is 6.04 Å². The molecule has 0 aliphatic heterocycles. The zero-order valence-electron chi connectivity index (χ0n) is 10.7. The van der Waals surface area contributed by atoms with E-state index in [2.05, 4.69) is 5.32 Å². The number of ether oxygens (including phenoxy) is 1. The minimum absolute atomic E-state index is 0.124. The molecule has 1 aromatic rings. The van der Waals surface area contributed by atoms with Crippen LogP contribution in [0.4, 0.5) is 0 Å². The van der Waals surface area contributed by atoms with Crippen LogP contribution in [0.1, 0.15) is 19.4 Å². The summed E-state index contributed by atoms with van der Waals surface area (Å²) >= 11 is 12.1. The number of carbonyl (C=O) groups is 1. The maximum absolute atomic E-state index is 11.6. The fraction of sp³-hybridized carbons (Fsp3) is 0.462. The molecule has 0 bridgehead atoms. The summed E-state index contributed by atoms with van der Waals surface area (Å²) in [5.74, 6) is -0.160. The van der Waals surface area contributed by atoms with E-state index in [1.54, 1.807) is 18.2 Å². The van der Waals surface area contributed by atoms with Gasteiger partial charge in [-0.05, 0) is 18.1 Å². The zero-order chi connectivity index (χ0) is 13.7. The molecule has 0 saturated carbocycles. The van der Waals surface area contributed by atoms with E-state index in [-0.39, 0.29) is 17.9 Å². The lowest BCUT2D eigenvalue weighted by molar-refractivity contribution is -0.144. The molecule has 0 aliphatic carbocycles. The van der Waals surface area contributed by atoms with E-state index in [4.69, 9.17) is 27.9 Å². The quantitative estimate of drug-likeness (QED) is 0.846. The predicted molar refractivity (Wildman–Crippen MR) is 73.9 cm³/mol. The molecular weight excluding hydrogens is 273 g/mol. The van der Waals surface area contributed by atoms with Crippen molar-refractivity contribution in [1.82, 2.24) is 5.32 Å². The first-order chi connectivity index (χ1) is 8.47. The minimum Gasteiger partial charge on any atom is -0.468 e. The third-order valence-corrected chi connectivity index (χ3v) is 3.39. The van der Waals surface area contributed by atoms with Gasteiger partial charge in [-0.15, -0.1) is 0 Å². The minimum atomic E-state index is -0.373. The molecule has 0 aromatic heterocycles. The highest BCUT2D eigenvalue weighted by molar-refractivity contribution is 6.35.